The fourth-order valence-electron chi connectivity index (χ4n) is 3.37. The zero-order valence-electron chi connectivity index (χ0n) is 10.9. The Labute approximate surface area is 108 Å². The molecule has 2 saturated heterocycles. The second-order valence-corrected chi connectivity index (χ2v) is 5.87. The molecule has 2 amide bonds. The van der Waals surface area contributed by atoms with Crippen LogP contribution in [0.1, 0.15) is 44.9 Å². The van der Waals surface area contributed by atoms with Crippen LogP contribution in [0.4, 0.5) is 0 Å². The largest absolute Gasteiger partial charge is 0.342 e. The third-order valence-corrected chi connectivity index (χ3v) is 4.78. The smallest absolute Gasteiger partial charge is 0.225 e. The van der Waals surface area contributed by atoms with Gasteiger partial charge in [-0.3, -0.25) is 9.59 Å². The highest BCUT2D eigenvalue weighted by Gasteiger charge is 2.34. The number of piperidine rings is 1. The van der Waals surface area contributed by atoms with Crippen molar-refractivity contribution in [3.05, 3.63) is 0 Å². The van der Waals surface area contributed by atoms with E-state index in [1.807, 2.05) is 9.80 Å². The molecule has 0 bridgehead atoms. The summed E-state index contributed by atoms with van der Waals surface area (Å²) in [5, 5.41) is 0. The van der Waals surface area contributed by atoms with Gasteiger partial charge in [0.05, 0.1) is 0 Å². The Morgan fingerprint density at radius 1 is 1.00 bits per heavy atom. The molecule has 3 fully saturated rings. The van der Waals surface area contributed by atoms with Gasteiger partial charge in [0, 0.05) is 38.0 Å². The van der Waals surface area contributed by atoms with Gasteiger partial charge in [-0.15, -0.1) is 0 Å². The molecule has 1 saturated carbocycles. The lowest BCUT2D eigenvalue weighted by Gasteiger charge is -2.39. The minimum absolute atomic E-state index is 0.315. The van der Waals surface area contributed by atoms with E-state index in [4.69, 9.17) is 0 Å². The lowest BCUT2D eigenvalue weighted by molar-refractivity contribution is -0.140. The number of likely N-dealkylation sites (tertiary alicyclic amines) is 2. The lowest BCUT2D eigenvalue weighted by atomic mass is 9.84. The molecule has 1 aliphatic carbocycles. The van der Waals surface area contributed by atoms with Crippen molar-refractivity contribution < 1.29 is 9.59 Å². The number of hydrogen-bond donors (Lipinski definition) is 0. The Morgan fingerprint density at radius 3 is 2.22 bits per heavy atom. The second kappa shape index (κ2) is 4.90. The minimum atomic E-state index is 0.315. The molecule has 0 aromatic carbocycles. The van der Waals surface area contributed by atoms with Gasteiger partial charge < -0.3 is 9.80 Å². The molecule has 0 aromatic heterocycles. The van der Waals surface area contributed by atoms with Crippen LogP contribution in [0.5, 0.6) is 0 Å². The number of hydrogen-bond acceptors (Lipinski definition) is 2. The quantitative estimate of drug-likeness (QED) is 0.743. The molecule has 0 radical (unpaired) electrons. The van der Waals surface area contributed by atoms with E-state index in [2.05, 4.69) is 0 Å². The van der Waals surface area contributed by atoms with Crippen molar-refractivity contribution in [2.45, 2.75) is 51.0 Å². The van der Waals surface area contributed by atoms with Crippen molar-refractivity contribution >= 4 is 11.8 Å². The van der Waals surface area contributed by atoms with Crippen LogP contribution in [0, 0.1) is 5.92 Å². The van der Waals surface area contributed by atoms with Crippen molar-refractivity contribution in [2.24, 2.45) is 5.92 Å². The average molecular weight is 250 g/mol. The highest BCUT2D eigenvalue weighted by atomic mass is 16.2. The number of rotatable bonds is 2. The topological polar surface area (TPSA) is 40.6 Å². The van der Waals surface area contributed by atoms with Gasteiger partial charge in [0.2, 0.25) is 11.8 Å². The molecule has 0 N–H and O–H groups in total. The molecular formula is C14H22N2O2. The summed E-state index contributed by atoms with van der Waals surface area (Å²) in [5.41, 5.74) is 0. The first kappa shape index (κ1) is 12.0. The monoisotopic (exact) mass is 250 g/mol. The average Bonchev–Trinajstić information content (AvgIpc) is 2.73. The van der Waals surface area contributed by atoms with Crippen molar-refractivity contribution in [2.75, 3.05) is 19.6 Å². The number of nitrogens with zero attached hydrogens (tertiary/aromatic N) is 2. The first-order valence-corrected chi connectivity index (χ1v) is 7.34. The summed E-state index contributed by atoms with van der Waals surface area (Å²) in [6.45, 7) is 2.63. The molecule has 0 atom stereocenters. The van der Waals surface area contributed by atoms with Crippen LogP contribution in [-0.4, -0.2) is 47.3 Å². The van der Waals surface area contributed by atoms with E-state index in [9.17, 15) is 9.59 Å². The van der Waals surface area contributed by atoms with Crippen LogP contribution in [0.2, 0.25) is 0 Å². The van der Waals surface area contributed by atoms with E-state index in [-0.39, 0.29) is 0 Å². The minimum Gasteiger partial charge on any atom is -0.342 e. The Bertz CT molecular complexity index is 344. The Hall–Kier alpha value is -1.06. The Balaban J connectivity index is 1.51. The normalized spacial score (nSPS) is 26.6. The van der Waals surface area contributed by atoms with Crippen molar-refractivity contribution in [3.63, 3.8) is 0 Å². The molecule has 2 aliphatic heterocycles. The first-order valence-electron chi connectivity index (χ1n) is 7.34. The molecular weight excluding hydrogens is 228 g/mol. The first-order chi connectivity index (χ1) is 8.75. The Kier molecular flexibility index (Phi) is 3.27. The summed E-state index contributed by atoms with van der Waals surface area (Å²) in [6.07, 6.45) is 7.08. The number of carbonyl (C=O) groups excluding carboxylic acids is 2. The predicted octanol–water partition coefficient (Wildman–Crippen LogP) is 1.40. The SMILES string of the molecule is O=C(C1CCC1)N1CCC(N2CCCC2=O)CC1. The summed E-state index contributed by atoms with van der Waals surface area (Å²) in [6, 6.07) is 0.394. The van der Waals surface area contributed by atoms with Crippen LogP contribution >= 0.6 is 0 Å². The molecule has 4 heteroatoms. The Morgan fingerprint density at radius 2 is 1.72 bits per heavy atom. The summed E-state index contributed by atoms with van der Waals surface area (Å²) in [4.78, 5) is 27.9. The highest BCUT2D eigenvalue weighted by Crippen LogP contribution is 2.30. The van der Waals surface area contributed by atoms with E-state index in [0.29, 0.717) is 23.8 Å². The summed E-state index contributed by atoms with van der Waals surface area (Å²) in [5.74, 6) is 1.00. The maximum Gasteiger partial charge on any atom is 0.225 e. The van der Waals surface area contributed by atoms with Gasteiger partial charge >= 0.3 is 0 Å². The van der Waals surface area contributed by atoms with E-state index in [1.54, 1.807) is 0 Å². The van der Waals surface area contributed by atoms with Gasteiger partial charge in [-0.1, -0.05) is 6.42 Å². The molecule has 3 rings (SSSR count). The fraction of sp³-hybridized carbons (Fsp3) is 0.857. The van der Waals surface area contributed by atoms with E-state index < -0.39 is 0 Å². The van der Waals surface area contributed by atoms with Gasteiger partial charge in [-0.05, 0) is 32.1 Å². The van der Waals surface area contributed by atoms with Gasteiger partial charge in [0.1, 0.15) is 0 Å². The van der Waals surface area contributed by atoms with Crippen LogP contribution in [0.3, 0.4) is 0 Å². The van der Waals surface area contributed by atoms with Crippen LogP contribution in [0.15, 0.2) is 0 Å². The van der Waals surface area contributed by atoms with E-state index in [0.717, 1.165) is 58.2 Å². The van der Waals surface area contributed by atoms with Crippen molar-refractivity contribution in [1.82, 2.24) is 9.80 Å². The van der Waals surface area contributed by atoms with Gasteiger partial charge in [-0.25, -0.2) is 0 Å². The lowest BCUT2D eigenvalue weighted by Crippen LogP contribution is -2.49. The predicted molar refractivity (Wildman–Crippen MR) is 67.9 cm³/mol. The zero-order chi connectivity index (χ0) is 12.5. The molecule has 2 heterocycles. The summed E-state index contributed by atoms with van der Waals surface area (Å²) < 4.78 is 0. The maximum absolute atomic E-state index is 12.1. The third kappa shape index (κ3) is 2.13. The molecule has 0 spiro atoms. The van der Waals surface area contributed by atoms with Gasteiger partial charge in [-0.2, -0.15) is 0 Å². The van der Waals surface area contributed by atoms with E-state index >= 15 is 0 Å². The molecule has 4 nitrogen and oxygen atoms in total. The molecule has 3 aliphatic rings. The van der Waals surface area contributed by atoms with Crippen LogP contribution in [-0.2, 0) is 9.59 Å². The van der Waals surface area contributed by atoms with Crippen LogP contribution in [0.25, 0.3) is 0 Å². The van der Waals surface area contributed by atoms with Gasteiger partial charge in [0.15, 0.2) is 0 Å². The molecule has 0 aromatic rings. The summed E-state index contributed by atoms with van der Waals surface area (Å²) >= 11 is 0. The highest BCUT2D eigenvalue weighted by molar-refractivity contribution is 5.80. The van der Waals surface area contributed by atoms with Crippen molar-refractivity contribution in [3.8, 4) is 0 Å². The van der Waals surface area contributed by atoms with Gasteiger partial charge in [0.25, 0.3) is 0 Å². The number of carbonyl (C=O) groups is 2. The second-order valence-electron chi connectivity index (χ2n) is 5.87. The maximum atomic E-state index is 12.1. The number of amides is 2. The third-order valence-electron chi connectivity index (χ3n) is 4.78. The standard InChI is InChI=1S/C14H22N2O2/c17-13-5-2-8-16(13)12-6-9-15(10-7-12)14(18)11-3-1-4-11/h11-12H,1-10H2. The zero-order valence-corrected chi connectivity index (χ0v) is 10.9. The summed E-state index contributed by atoms with van der Waals surface area (Å²) in [7, 11) is 0. The molecule has 18 heavy (non-hydrogen) atoms. The van der Waals surface area contributed by atoms with E-state index in [1.165, 1.54) is 6.42 Å². The molecule has 0 unspecified atom stereocenters. The van der Waals surface area contributed by atoms with Crippen molar-refractivity contribution in [1.29, 1.82) is 0 Å². The van der Waals surface area contributed by atoms with Crippen LogP contribution < -0.4 is 0 Å². The fourth-order valence-corrected chi connectivity index (χ4v) is 3.37. The molecule has 100 valence electrons.